The number of nitrogens with one attached hydrogen (secondary N) is 1. The third-order valence-electron chi connectivity index (χ3n) is 4.17. The molecule has 0 bridgehead atoms. The van der Waals surface area contributed by atoms with Crippen LogP contribution in [0.25, 0.3) is 17.1 Å². The van der Waals surface area contributed by atoms with Crippen molar-refractivity contribution in [3.05, 3.63) is 90.8 Å². The van der Waals surface area contributed by atoms with Crippen LogP contribution in [0, 0.1) is 0 Å². The number of rotatable bonds is 5. The molecule has 4 rings (SSSR count). The van der Waals surface area contributed by atoms with Gasteiger partial charge in [-0.1, -0.05) is 54.6 Å². The first-order valence-electron chi connectivity index (χ1n) is 8.78. The summed E-state index contributed by atoms with van der Waals surface area (Å²) in [5.74, 6) is 0.957. The van der Waals surface area contributed by atoms with Crippen LogP contribution in [-0.2, 0) is 0 Å². The smallest absolute Gasteiger partial charge is 0.295 e. The lowest BCUT2D eigenvalue weighted by atomic mass is 10.2. The largest absolute Gasteiger partial charge is 0.497 e. The zero-order valence-electron chi connectivity index (χ0n) is 15.2. The van der Waals surface area contributed by atoms with Crippen molar-refractivity contribution >= 4 is 11.6 Å². The van der Waals surface area contributed by atoms with Crippen molar-refractivity contribution in [2.75, 3.05) is 12.4 Å². The fourth-order valence-corrected chi connectivity index (χ4v) is 2.82. The van der Waals surface area contributed by atoms with Crippen LogP contribution in [-0.4, -0.2) is 27.8 Å². The van der Waals surface area contributed by atoms with Crippen LogP contribution in [0.3, 0.4) is 0 Å². The highest BCUT2D eigenvalue weighted by molar-refractivity contribution is 6.01. The number of carbonyl (C=O) groups is 1. The maximum Gasteiger partial charge on any atom is 0.295 e. The number of para-hydroxylation sites is 1. The topological polar surface area (TPSA) is 69.0 Å². The van der Waals surface area contributed by atoms with Gasteiger partial charge >= 0.3 is 0 Å². The van der Waals surface area contributed by atoms with Gasteiger partial charge < -0.3 is 10.1 Å². The number of hydrogen-bond donors (Lipinski definition) is 1. The van der Waals surface area contributed by atoms with Crippen molar-refractivity contribution in [1.29, 1.82) is 0 Å². The second-order valence-corrected chi connectivity index (χ2v) is 6.06. The van der Waals surface area contributed by atoms with Gasteiger partial charge in [-0.15, -0.1) is 5.10 Å². The maximum atomic E-state index is 12.8. The summed E-state index contributed by atoms with van der Waals surface area (Å²) in [7, 11) is 1.58. The number of methoxy groups -OCH3 is 1. The first-order chi connectivity index (χ1) is 13.7. The SMILES string of the molecule is COc1cccc(NC(=O)c2nc(-c3ccccc3)n(-c3ccccc3)n2)c1. The van der Waals surface area contributed by atoms with E-state index in [2.05, 4.69) is 15.4 Å². The summed E-state index contributed by atoms with van der Waals surface area (Å²) in [5.41, 5.74) is 2.32. The molecule has 0 aliphatic carbocycles. The summed E-state index contributed by atoms with van der Waals surface area (Å²) < 4.78 is 6.87. The molecule has 1 heterocycles. The van der Waals surface area contributed by atoms with E-state index in [0.717, 1.165) is 11.3 Å². The summed E-state index contributed by atoms with van der Waals surface area (Å²) in [6.07, 6.45) is 0. The maximum absolute atomic E-state index is 12.8. The molecule has 1 amide bonds. The van der Waals surface area contributed by atoms with E-state index in [1.807, 2.05) is 66.7 Å². The molecule has 6 nitrogen and oxygen atoms in total. The second kappa shape index (κ2) is 7.75. The van der Waals surface area contributed by atoms with E-state index in [9.17, 15) is 4.79 Å². The van der Waals surface area contributed by atoms with Gasteiger partial charge in [-0.25, -0.2) is 9.67 Å². The molecule has 0 saturated heterocycles. The Morgan fingerprint density at radius 2 is 1.64 bits per heavy atom. The minimum Gasteiger partial charge on any atom is -0.497 e. The van der Waals surface area contributed by atoms with Crippen LogP contribution in [0.5, 0.6) is 5.75 Å². The van der Waals surface area contributed by atoms with Gasteiger partial charge in [0, 0.05) is 17.3 Å². The monoisotopic (exact) mass is 370 g/mol. The lowest BCUT2D eigenvalue weighted by Crippen LogP contribution is -2.14. The third kappa shape index (κ3) is 3.61. The molecule has 3 aromatic carbocycles. The second-order valence-electron chi connectivity index (χ2n) is 6.06. The predicted octanol–water partition coefficient (Wildman–Crippen LogP) is 4.20. The zero-order valence-corrected chi connectivity index (χ0v) is 15.2. The molecule has 138 valence electrons. The van der Waals surface area contributed by atoms with Crippen LogP contribution >= 0.6 is 0 Å². The van der Waals surface area contributed by atoms with Gasteiger partial charge in [0.2, 0.25) is 5.82 Å². The van der Waals surface area contributed by atoms with Crippen LogP contribution in [0.15, 0.2) is 84.9 Å². The number of aromatic nitrogens is 3. The molecule has 0 unspecified atom stereocenters. The zero-order chi connectivity index (χ0) is 19.3. The van der Waals surface area contributed by atoms with E-state index in [1.165, 1.54) is 0 Å². The Morgan fingerprint density at radius 1 is 0.929 bits per heavy atom. The van der Waals surface area contributed by atoms with Crippen molar-refractivity contribution in [2.24, 2.45) is 0 Å². The van der Waals surface area contributed by atoms with Crippen molar-refractivity contribution in [3.63, 3.8) is 0 Å². The summed E-state index contributed by atoms with van der Waals surface area (Å²) in [6, 6.07) is 26.4. The van der Waals surface area contributed by atoms with E-state index >= 15 is 0 Å². The van der Waals surface area contributed by atoms with Crippen molar-refractivity contribution in [1.82, 2.24) is 14.8 Å². The van der Waals surface area contributed by atoms with Crippen molar-refractivity contribution in [3.8, 4) is 22.8 Å². The highest BCUT2D eigenvalue weighted by Gasteiger charge is 2.19. The molecule has 1 aromatic heterocycles. The normalized spacial score (nSPS) is 10.5. The van der Waals surface area contributed by atoms with E-state index in [-0.39, 0.29) is 11.7 Å². The molecule has 0 fully saturated rings. The first-order valence-corrected chi connectivity index (χ1v) is 8.78. The summed E-state index contributed by atoms with van der Waals surface area (Å²) in [4.78, 5) is 17.3. The number of carbonyl (C=O) groups excluding carboxylic acids is 1. The van der Waals surface area contributed by atoms with E-state index in [1.54, 1.807) is 30.0 Å². The molecule has 0 aliphatic heterocycles. The molecule has 1 N–H and O–H groups in total. The van der Waals surface area contributed by atoms with Gasteiger partial charge in [0.25, 0.3) is 5.91 Å². The molecular weight excluding hydrogens is 352 g/mol. The van der Waals surface area contributed by atoms with E-state index in [4.69, 9.17) is 4.74 Å². The molecule has 0 aliphatic rings. The molecule has 28 heavy (non-hydrogen) atoms. The highest BCUT2D eigenvalue weighted by atomic mass is 16.5. The summed E-state index contributed by atoms with van der Waals surface area (Å²) in [5, 5.41) is 7.28. The quantitative estimate of drug-likeness (QED) is 0.572. The van der Waals surface area contributed by atoms with Gasteiger partial charge in [-0.3, -0.25) is 4.79 Å². The number of amides is 1. The standard InChI is InChI=1S/C22H18N4O2/c1-28-19-14-8-11-17(15-19)23-22(27)20-24-21(16-9-4-2-5-10-16)26(25-20)18-12-6-3-7-13-18/h2-15H,1H3,(H,23,27). The number of ether oxygens (including phenoxy) is 1. The van der Waals surface area contributed by atoms with E-state index in [0.29, 0.717) is 17.3 Å². The van der Waals surface area contributed by atoms with Crippen molar-refractivity contribution in [2.45, 2.75) is 0 Å². The molecule has 0 radical (unpaired) electrons. The Balaban J connectivity index is 1.71. The lowest BCUT2D eigenvalue weighted by molar-refractivity contribution is 0.101. The molecular formula is C22H18N4O2. The Labute approximate surface area is 162 Å². The Hall–Kier alpha value is -3.93. The van der Waals surface area contributed by atoms with Gasteiger partial charge in [0.15, 0.2) is 5.82 Å². The predicted molar refractivity (Wildman–Crippen MR) is 108 cm³/mol. The molecule has 4 aromatic rings. The molecule has 6 heteroatoms. The fraction of sp³-hybridized carbons (Fsp3) is 0.0455. The average Bonchev–Trinajstić information content (AvgIpc) is 3.21. The van der Waals surface area contributed by atoms with Gasteiger partial charge in [-0.2, -0.15) is 0 Å². The van der Waals surface area contributed by atoms with Gasteiger partial charge in [-0.05, 0) is 24.3 Å². The highest BCUT2D eigenvalue weighted by Crippen LogP contribution is 2.22. The minimum absolute atomic E-state index is 0.0885. The number of hydrogen-bond acceptors (Lipinski definition) is 4. The minimum atomic E-state index is -0.389. The Morgan fingerprint density at radius 3 is 2.36 bits per heavy atom. The van der Waals surface area contributed by atoms with Crippen molar-refractivity contribution < 1.29 is 9.53 Å². The number of anilines is 1. The molecule has 0 saturated carbocycles. The van der Waals surface area contributed by atoms with Gasteiger partial charge in [0.1, 0.15) is 5.75 Å². The average molecular weight is 370 g/mol. The fourth-order valence-electron chi connectivity index (χ4n) is 2.82. The first kappa shape index (κ1) is 17.5. The van der Waals surface area contributed by atoms with E-state index < -0.39 is 0 Å². The summed E-state index contributed by atoms with van der Waals surface area (Å²) >= 11 is 0. The Bertz CT molecular complexity index is 1030. The summed E-state index contributed by atoms with van der Waals surface area (Å²) in [6.45, 7) is 0. The molecule has 0 spiro atoms. The van der Waals surface area contributed by atoms with Crippen LogP contribution in [0.1, 0.15) is 10.6 Å². The lowest BCUT2D eigenvalue weighted by Gasteiger charge is -2.05. The molecule has 0 atom stereocenters. The van der Waals surface area contributed by atoms with Gasteiger partial charge in [0.05, 0.1) is 12.8 Å². The van der Waals surface area contributed by atoms with Crippen LogP contribution in [0.2, 0.25) is 0 Å². The Kier molecular flexibility index (Phi) is 4.84. The number of nitrogens with zero attached hydrogens (tertiary/aromatic N) is 3. The van der Waals surface area contributed by atoms with Crippen LogP contribution < -0.4 is 10.1 Å². The van der Waals surface area contributed by atoms with Crippen LogP contribution in [0.4, 0.5) is 5.69 Å². The third-order valence-corrected chi connectivity index (χ3v) is 4.17. The number of benzene rings is 3.